The zero-order chi connectivity index (χ0) is 14.4. The van der Waals surface area contributed by atoms with Crippen molar-refractivity contribution in [1.82, 2.24) is 9.80 Å². The molecule has 0 spiro atoms. The highest BCUT2D eigenvalue weighted by Crippen LogP contribution is 2.19. The van der Waals surface area contributed by atoms with E-state index in [-0.39, 0.29) is 12.5 Å². The first-order valence-corrected chi connectivity index (χ1v) is 6.28. The number of rotatable bonds is 5. The minimum absolute atomic E-state index is 0.0258. The first kappa shape index (κ1) is 15.3. The van der Waals surface area contributed by atoms with Gasteiger partial charge in [-0.1, -0.05) is 0 Å². The van der Waals surface area contributed by atoms with Gasteiger partial charge in [0.1, 0.15) is 6.04 Å². The predicted octanol–water partition coefficient (Wildman–Crippen LogP) is 0.540. The standard InChI is InChI=1S/C12H20N2O5/c1-13(7-4-6-10(15)16)12(18)14-8-3-5-9(14)11(17)19-2/h9H,3-8H2,1-2H3,(H,15,16). The maximum absolute atomic E-state index is 12.1. The van der Waals surface area contributed by atoms with Gasteiger partial charge in [-0.2, -0.15) is 0 Å². The number of amides is 2. The van der Waals surface area contributed by atoms with Gasteiger partial charge in [-0.05, 0) is 19.3 Å². The number of carboxylic acid groups (broad SMARTS) is 1. The third kappa shape index (κ3) is 4.11. The van der Waals surface area contributed by atoms with E-state index in [2.05, 4.69) is 4.74 Å². The Morgan fingerprint density at radius 2 is 2.11 bits per heavy atom. The summed E-state index contributed by atoms with van der Waals surface area (Å²) >= 11 is 0. The molecule has 19 heavy (non-hydrogen) atoms. The van der Waals surface area contributed by atoms with Crippen LogP contribution in [0.2, 0.25) is 0 Å². The average Bonchev–Trinajstić information content (AvgIpc) is 2.85. The Morgan fingerprint density at radius 3 is 2.68 bits per heavy atom. The summed E-state index contributed by atoms with van der Waals surface area (Å²) in [4.78, 5) is 37.0. The molecule has 2 amide bonds. The largest absolute Gasteiger partial charge is 0.481 e. The summed E-state index contributed by atoms with van der Waals surface area (Å²) in [6.45, 7) is 0.886. The van der Waals surface area contributed by atoms with E-state index in [0.29, 0.717) is 25.9 Å². The van der Waals surface area contributed by atoms with Gasteiger partial charge in [-0.3, -0.25) is 4.79 Å². The molecule has 1 aliphatic heterocycles. The molecule has 0 aromatic carbocycles. The van der Waals surface area contributed by atoms with Crippen molar-refractivity contribution >= 4 is 18.0 Å². The number of urea groups is 1. The van der Waals surface area contributed by atoms with Gasteiger partial charge in [0.25, 0.3) is 0 Å². The molecule has 1 N–H and O–H groups in total. The minimum atomic E-state index is -0.880. The highest BCUT2D eigenvalue weighted by atomic mass is 16.5. The van der Waals surface area contributed by atoms with Gasteiger partial charge >= 0.3 is 18.0 Å². The van der Waals surface area contributed by atoms with Crippen LogP contribution in [0.1, 0.15) is 25.7 Å². The molecule has 0 bridgehead atoms. The fourth-order valence-corrected chi connectivity index (χ4v) is 2.16. The van der Waals surface area contributed by atoms with Crippen molar-refractivity contribution in [1.29, 1.82) is 0 Å². The second-order valence-electron chi connectivity index (χ2n) is 4.58. The molecule has 1 rings (SSSR count). The maximum Gasteiger partial charge on any atom is 0.328 e. The van der Waals surface area contributed by atoms with E-state index in [1.165, 1.54) is 16.9 Å². The Kier molecular flexibility index (Phi) is 5.59. The summed E-state index contributed by atoms with van der Waals surface area (Å²) in [5.41, 5.74) is 0. The van der Waals surface area contributed by atoms with Crippen LogP contribution in [0.15, 0.2) is 0 Å². The lowest BCUT2D eigenvalue weighted by molar-refractivity contribution is -0.145. The number of carboxylic acids is 1. The number of ether oxygens (including phenoxy) is 1. The number of nitrogens with zero attached hydrogens (tertiary/aromatic N) is 2. The van der Waals surface area contributed by atoms with Crippen molar-refractivity contribution in [3.63, 3.8) is 0 Å². The van der Waals surface area contributed by atoms with Crippen LogP contribution in [0.3, 0.4) is 0 Å². The van der Waals surface area contributed by atoms with Crippen LogP contribution in [-0.2, 0) is 14.3 Å². The van der Waals surface area contributed by atoms with Gasteiger partial charge in [-0.15, -0.1) is 0 Å². The molecule has 7 heteroatoms. The monoisotopic (exact) mass is 272 g/mol. The molecule has 0 aliphatic carbocycles. The minimum Gasteiger partial charge on any atom is -0.481 e. The number of aliphatic carboxylic acids is 1. The molecular formula is C12H20N2O5. The van der Waals surface area contributed by atoms with Gasteiger partial charge in [0.2, 0.25) is 0 Å². The van der Waals surface area contributed by atoms with E-state index >= 15 is 0 Å². The lowest BCUT2D eigenvalue weighted by Gasteiger charge is -2.28. The molecule has 1 atom stereocenters. The normalized spacial score (nSPS) is 18.2. The molecular weight excluding hydrogens is 252 g/mol. The van der Waals surface area contributed by atoms with Gasteiger partial charge in [0.05, 0.1) is 7.11 Å². The van der Waals surface area contributed by atoms with E-state index in [1.807, 2.05) is 0 Å². The van der Waals surface area contributed by atoms with Crippen LogP contribution in [0.4, 0.5) is 4.79 Å². The summed E-state index contributed by atoms with van der Waals surface area (Å²) in [6, 6.07) is -0.766. The molecule has 1 fully saturated rings. The van der Waals surface area contributed by atoms with E-state index in [1.54, 1.807) is 7.05 Å². The number of carbonyl (C=O) groups excluding carboxylic acids is 2. The van der Waals surface area contributed by atoms with Crippen molar-refractivity contribution in [2.45, 2.75) is 31.7 Å². The van der Waals surface area contributed by atoms with E-state index < -0.39 is 18.0 Å². The Hall–Kier alpha value is -1.79. The first-order valence-electron chi connectivity index (χ1n) is 6.28. The second kappa shape index (κ2) is 6.96. The van der Waals surface area contributed by atoms with Crippen LogP contribution in [0, 0.1) is 0 Å². The summed E-state index contributed by atoms with van der Waals surface area (Å²) in [6.07, 6.45) is 1.81. The maximum atomic E-state index is 12.1. The number of hydrogen-bond donors (Lipinski definition) is 1. The molecule has 0 aromatic heterocycles. The molecule has 1 aliphatic rings. The zero-order valence-electron chi connectivity index (χ0n) is 11.3. The van der Waals surface area contributed by atoms with E-state index in [9.17, 15) is 14.4 Å². The lowest BCUT2D eigenvalue weighted by atomic mass is 10.2. The summed E-state index contributed by atoms with van der Waals surface area (Å²) in [7, 11) is 2.91. The number of methoxy groups -OCH3 is 1. The molecule has 0 saturated carbocycles. The van der Waals surface area contributed by atoms with Crippen molar-refractivity contribution in [3.8, 4) is 0 Å². The fourth-order valence-electron chi connectivity index (χ4n) is 2.16. The van der Waals surface area contributed by atoms with Crippen LogP contribution in [0.25, 0.3) is 0 Å². The van der Waals surface area contributed by atoms with Gasteiger partial charge < -0.3 is 19.6 Å². The predicted molar refractivity (Wildman–Crippen MR) is 66.6 cm³/mol. The number of carbonyl (C=O) groups is 3. The molecule has 108 valence electrons. The third-order valence-electron chi connectivity index (χ3n) is 3.18. The number of hydrogen-bond acceptors (Lipinski definition) is 4. The van der Waals surface area contributed by atoms with Crippen LogP contribution < -0.4 is 0 Å². The average molecular weight is 272 g/mol. The third-order valence-corrected chi connectivity index (χ3v) is 3.18. The van der Waals surface area contributed by atoms with E-state index in [0.717, 1.165) is 6.42 Å². The van der Waals surface area contributed by atoms with Gasteiger partial charge in [0.15, 0.2) is 0 Å². The molecule has 7 nitrogen and oxygen atoms in total. The van der Waals surface area contributed by atoms with Crippen LogP contribution >= 0.6 is 0 Å². The molecule has 0 aromatic rings. The first-order chi connectivity index (χ1) is 8.97. The van der Waals surface area contributed by atoms with Crippen LogP contribution in [0.5, 0.6) is 0 Å². The molecule has 1 heterocycles. The Bertz CT molecular complexity index is 358. The highest BCUT2D eigenvalue weighted by molar-refractivity contribution is 5.84. The molecule has 1 saturated heterocycles. The summed E-state index contributed by atoms with van der Waals surface area (Å²) in [5, 5.41) is 8.55. The smallest absolute Gasteiger partial charge is 0.328 e. The SMILES string of the molecule is COC(=O)C1CCCN1C(=O)N(C)CCCC(=O)O. The Labute approximate surface area is 112 Å². The van der Waals surface area contributed by atoms with Crippen molar-refractivity contribution in [3.05, 3.63) is 0 Å². The topological polar surface area (TPSA) is 87.2 Å². The van der Waals surface area contributed by atoms with E-state index in [4.69, 9.17) is 5.11 Å². The Morgan fingerprint density at radius 1 is 1.42 bits per heavy atom. The molecule has 0 radical (unpaired) electrons. The van der Waals surface area contributed by atoms with Crippen molar-refractivity contribution < 1.29 is 24.2 Å². The number of likely N-dealkylation sites (tertiary alicyclic amines) is 1. The van der Waals surface area contributed by atoms with Gasteiger partial charge in [-0.25, -0.2) is 9.59 Å². The van der Waals surface area contributed by atoms with Crippen LogP contribution in [-0.4, -0.2) is 66.2 Å². The Balaban J connectivity index is 2.51. The highest BCUT2D eigenvalue weighted by Gasteiger charge is 2.36. The zero-order valence-corrected chi connectivity index (χ0v) is 11.3. The van der Waals surface area contributed by atoms with Crippen molar-refractivity contribution in [2.24, 2.45) is 0 Å². The summed E-state index contributed by atoms with van der Waals surface area (Å²) in [5.74, 6) is -1.28. The van der Waals surface area contributed by atoms with Crippen molar-refractivity contribution in [2.75, 3.05) is 27.2 Å². The molecule has 1 unspecified atom stereocenters. The number of esters is 1. The summed E-state index contributed by atoms with van der Waals surface area (Å²) < 4.78 is 4.68. The van der Waals surface area contributed by atoms with Gasteiger partial charge in [0, 0.05) is 26.6 Å². The fraction of sp³-hybridized carbons (Fsp3) is 0.750. The second-order valence-corrected chi connectivity index (χ2v) is 4.58. The quantitative estimate of drug-likeness (QED) is 0.738. The lowest BCUT2D eigenvalue weighted by Crippen LogP contribution is -2.47.